The molecule has 0 aromatic rings. The molecule has 0 amide bonds. The van der Waals surface area contributed by atoms with E-state index in [9.17, 15) is 4.79 Å². The van der Waals surface area contributed by atoms with Gasteiger partial charge in [-0.2, -0.15) is 0 Å². The van der Waals surface area contributed by atoms with Gasteiger partial charge in [-0.3, -0.25) is 4.79 Å². The minimum Gasteiger partial charge on any atom is -0.481 e. The Morgan fingerprint density at radius 2 is 2.40 bits per heavy atom. The number of carboxylic acid groups (broad SMARTS) is 1. The molecule has 2 atom stereocenters. The van der Waals surface area contributed by atoms with Crippen LogP contribution in [-0.4, -0.2) is 23.8 Å². The summed E-state index contributed by atoms with van der Waals surface area (Å²) >= 11 is 0. The Morgan fingerprint density at radius 1 is 1.70 bits per heavy atom. The highest BCUT2D eigenvalue weighted by atomic mass is 16.5. The number of ether oxygens (including phenoxy) is 1. The monoisotopic (exact) mass is 144 g/mol. The fraction of sp³-hybridized carbons (Fsp3) is 0.857. The van der Waals surface area contributed by atoms with E-state index in [1.807, 2.05) is 6.92 Å². The van der Waals surface area contributed by atoms with Crippen molar-refractivity contribution in [3.8, 4) is 0 Å². The Balaban J connectivity index is 2.47. The van der Waals surface area contributed by atoms with E-state index in [0.29, 0.717) is 6.61 Å². The zero-order chi connectivity index (χ0) is 7.56. The maximum absolute atomic E-state index is 10.5. The summed E-state index contributed by atoms with van der Waals surface area (Å²) < 4.78 is 5.17. The Kier molecular flexibility index (Phi) is 2.27. The summed E-state index contributed by atoms with van der Waals surface area (Å²) in [6.07, 6.45) is 1.53. The predicted molar refractivity (Wildman–Crippen MR) is 35.8 cm³/mol. The zero-order valence-electron chi connectivity index (χ0n) is 6.04. The first-order valence-corrected chi connectivity index (χ1v) is 3.56. The summed E-state index contributed by atoms with van der Waals surface area (Å²) in [5, 5.41) is 8.63. The summed E-state index contributed by atoms with van der Waals surface area (Å²) in [6, 6.07) is 0. The molecule has 3 heteroatoms. The summed E-state index contributed by atoms with van der Waals surface area (Å²) in [5.41, 5.74) is 0. The smallest absolute Gasteiger partial charge is 0.309 e. The summed E-state index contributed by atoms with van der Waals surface area (Å²) in [4.78, 5) is 10.5. The van der Waals surface area contributed by atoms with E-state index < -0.39 is 5.97 Å². The quantitative estimate of drug-likeness (QED) is 0.594. The average molecular weight is 144 g/mol. The molecule has 10 heavy (non-hydrogen) atoms. The van der Waals surface area contributed by atoms with Crippen LogP contribution in [0.15, 0.2) is 0 Å². The van der Waals surface area contributed by atoms with Crippen molar-refractivity contribution >= 4 is 5.97 Å². The first-order chi connectivity index (χ1) is 4.72. The second kappa shape index (κ2) is 3.01. The third kappa shape index (κ3) is 1.48. The highest BCUT2D eigenvalue weighted by Crippen LogP contribution is 2.19. The van der Waals surface area contributed by atoms with Crippen LogP contribution in [-0.2, 0) is 9.53 Å². The van der Waals surface area contributed by atoms with Gasteiger partial charge in [-0.15, -0.1) is 0 Å². The van der Waals surface area contributed by atoms with Gasteiger partial charge < -0.3 is 9.84 Å². The predicted octanol–water partition coefficient (Wildman–Crippen LogP) is 0.886. The van der Waals surface area contributed by atoms with Gasteiger partial charge >= 0.3 is 5.97 Å². The Hall–Kier alpha value is -0.570. The van der Waals surface area contributed by atoms with E-state index in [4.69, 9.17) is 9.84 Å². The zero-order valence-corrected chi connectivity index (χ0v) is 6.04. The standard InChI is InChI=1S/C7H12O3/c1-5-6(7(8)9)3-2-4-10-5/h5-6H,2-4H2,1H3,(H,8,9)/t5-,6+/m1/s1. The maximum Gasteiger partial charge on any atom is 0.309 e. The lowest BCUT2D eigenvalue weighted by atomic mass is 9.96. The molecule has 0 bridgehead atoms. The number of rotatable bonds is 1. The van der Waals surface area contributed by atoms with Crippen LogP contribution in [0.1, 0.15) is 19.8 Å². The van der Waals surface area contributed by atoms with Crippen LogP contribution in [0, 0.1) is 5.92 Å². The molecule has 1 aliphatic rings. The maximum atomic E-state index is 10.5. The minimum atomic E-state index is -0.729. The van der Waals surface area contributed by atoms with Gasteiger partial charge in [0.1, 0.15) is 0 Å². The van der Waals surface area contributed by atoms with Crippen molar-refractivity contribution in [2.75, 3.05) is 6.61 Å². The molecule has 1 aliphatic heterocycles. The number of carboxylic acids is 1. The van der Waals surface area contributed by atoms with Crippen molar-refractivity contribution < 1.29 is 14.6 Å². The molecule has 0 saturated carbocycles. The molecule has 1 N–H and O–H groups in total. The highest BCUT2D eigenvalue weighted by Gasteiger charge is 2.27. The molecule has 1 heterocycles. The number of aliphatic carboxylic acids is 1. The summed E-state index contributed by atoms with van der Waals surface area (Å²) in [6.45, 7) is 2.53. The van der Waals surface area contributed by atoms with E-state index in [2.05, 4.69) is 0 Å². The Bertz CT molecular complexity index is 133. The van der Waals surface area contributed by atoms with Gasteiger partial charge in [-0.1, -0.05) is 0 Å². The minimum absolute atomic E-state index is 0.105. The lowest BCUT2D eigenvalue weighted by molar-refractivity contribution is -0.150. The molecule has 0 unspecified atom stereocenters. The fourth-order valence-electron chi connectivity index (χ4n) is 1.25. The number of hydrogen-bond acceptors (Lipinski definition) is 2. The molecule has 1 fully saturated rings. The van der Waals surface area contributed by atoms with E-state index in [1.165, 1.54) is 0 Å². The topological polar surface area (TPSA) is 46.5 Å². The van der Waals surface area contributed by atoms with Gasteiger partial charge in [-0.05, 0) is 19.8 Å². The number of carbonyl (C=O) groups is 1. The van der Waals surface area contributed by atoms with Gasteiger partial charge in [0.05, 0.1) is 12.0 Å². The van der Waals surface area contributed by atoms with Gasteiger partial charge in [0, 0.05) is 6.61 Å². The fourth-order valence-corrected chi connectivity index (χ4v) is 1.25. The van der Waals surface area contributed by atoms with E-state index in [0.717, 1.165) is 12.8 Å². The largest absolute Gasteiger partial charge is 0.481 e. The number of hydrogen-bond donors (Lipinski definition) is 1. The van der Waals surface area contributed by atoms with Crippen LogP contribution in [0.25, 0.3) is 0 Å². The Labute approximate surface area is 60.0 Å². The third-order valence-electron chi connectivity index (χ3n) is 1.92. The molecular weight excluding hydrogens is 132 g/mol. The van der Waals surface area contributed by atoms with Crippen LogP contribution in [0.2, 0.25) is 0 Å². The van der Waals surface area contributed by atoms with E-state index in [1.54, 1.807) is 0 Å². The van der Waals surface area contributed by atoms with Gasteiger partial charge in [0.2, 0.25) is 0 Å². The highest BCUT2D eigenvalue weighted by molar-refractivity contribution is 5.70. The van der Waals surface area contributed by atoms with Crippen molar-refractivity contribution in [2.24, 2.45) is 5.92 Å². The van der Waals surface area contributed by atoms with Crippen LogP contribution < -0.4 is 0 Å². The van der Waals surface area contributed by atoms with Crippen molar-refractivity contribution in [1.82, 2.24) is 0 Å². The van der Waals surface area contributed by atoms with E-state index in [-0.39, 0.29) is 12.0 Å². The molecular formula is C7H12O3. The Morgan fingerprint density at radius 3 is 2.80 bits per heavy atom. The molecule has 58 valence electrons. The SMILES string of the molecule is C[C@H]1OCCC[C@@H]1C(=O)O. The first-order valence-electron chi connectivity index (χ1n) is 3.56. The van der Waals surface area contributed by atoms with Crippen LogP contribution >= 0.6 is 0 Å². The molecule has 0 aliphatic carbocycles. The first kappa shape index (κ1) is 7.54. The third-order valence-corrected chi connectivity index (χ3v) is 1.92. The van der Waals surface area contributed by atoms with Crippen LogP contribution in [0.5, 0.6) is 0 Å². The molecule has 1 rings (SSSR count). The van der Waals surface area contributed by atoms with Crippen molar-refractivity contribution in [1.29, 1.82) is 0 Å². The van der Waals surface area contributed by atoms with Crippen molar-refractivity contribution in [2.45, 2.75) is 25.9 Å². The lowest BCUT2D eigenvalue weighted by Gasteiger charge is -2.25. The molecule has 0 aromatic carbocycles. The molecule has 0 aromatic heterocycles. The van der Waals surface area contributed by atoms with Crippen molar-refractivity contribution in [3.63, 3.8) is 0 Å². The molecule has 0 radical (unpaired) electrons. The molecule has 3 nitrogen and oxygen atoms in total. The van der Waals surface area contributed by atoms with Crippen LogP contribution in [0.3, 0.4) is 0 Å². The van der Waals surface area contributed by atoms with E-state index >= 15 is 0 Å². The van der Waals surface area contributed by atoms with Gasteiger partial charge in [0.25, 0.3) is 0 Å². The van der Waals surface area contributed by atoms with Crippen LogP contribution in [0.4, 0.5) is 0 Å². The average Bonchev–Trinajstić information content (AvgIpc) is 1.88. The second-order valence-electron chi connectivity index (χ2n) is 2.66. The summed E-state index contributed by atoms with van der Waals surface area (Å²) in [7, 11) is 0. The van der Waals surface area contributed by atoms with Gasteiger partial charge in [0.15, 0.2) is 0 Å². The normalized spacial score (nSPS) is 33.7. The van der Waals surface area contributed by atoms with Crippen molar-refractivity contribution in [3.05, 3.63) is 0 Å². The lowest BCUT2D eigenvalue weighted by Crippen LogP contribution is -2.32. The van der Waals surface area contributed by atoms with Gasteiger partial charge in [-0.25, -0.2) is 0 Å². The second-order valence-corrected chi connectivity index (χ2v) is 2.66. The molecule has 1 saturated heterocycles. The summed E-state index contributed by atoms with van der Waals surface area (Å²) in [5.74, 6) is -1.01. The molecule has 0 spiro atoms.